The topological polar surface area (TPSA) is 95.9 Å². The van der Waals surface area contributed by atoms with Crippen molar-refractivity contribution >= 4 is 11.9 Å². The first-order valence-corrected chi connectivity index (χ1v) is 34.4. The molecular weight excluding hydrogens is 923 g/mol. The van der Waals surface area contributed by atoms with E-state index in [2.05, 4.69) is 31.3 Å². The molecule has 2 unspecified atom stereocenters. The Kier molecular flexibility index (Phi) is 63.9. The average Bonchev–Trinajstić information content (AvgIpc) is 3.41. The highest BCUT2D eigenvalue weighted by Crippen LogP contribution is 2.19. The summed E-state index contributed by atoms with van der Waals surface area (Å²) in [7, 11) is 0. The van der Waals surface area contributed by atoms with Gasteiger partial charge in [-0.2, -0.15) is 0 Å². The first kappa shape index (κ1) is 73.6. The molecule has 75 heavy (non-hydrogen) atoms. The van der Waals surface area contributed by atoms with E-state index >= 15 is 0 Å². The zero-order chi connectivity index (χ0) is 54.3. The molecule has 0 rings (SSSR count). The van der Waals surface area contributed by atoms with Crippen LogP contribution in [-0.4, -0.2) is 47.4 Å². The Morgan fingerprint density at radius 3 is 0.947 bits per heavy atom. The van der Waals surface area contributed by atoms with Crippen LogP contribution in [0.15, 0.2) is 12.2 Å². The van der Waals surface area contributed by atoms with Crippen LogP contribution in [0.5, 0.6) is 0 Å². The second kappa shape index (κ2) is 65.1. The molecule has 0 bridgehead atoms. The molecule has 0 fully saturated rings. The molecule has 2 atom stereocenters. The van der Waals surface area contributed by atoms with E-state index in [1.807, 2.05) is 0 Å². The zero-order valence-corrected chi connectivity index (χ0v) is 51.1. The Morgan fingerprint density at radius 2 is 0.627 bits per heavy atom. The zero-order valence-electron chi connectivity index (χ0n) is 51.1. The van der Waals surface area contributed by atoms with Crippen molar-refractivity contribution in [2.24, 2.45) is 0 Å². The molecule has 1 amide bonds. The molecule has 0 saturated carbocycles. The lowest BCUT2D eigenvalue weighted by Gasteiger charge is -2.22. The minimum Gasteiger partial charge on any atom is -0.466 e. The molecule has 3 N–H and O–H groups in total. The molecule has 0 aliphatic carbocycles. The van der Waals surface area contributed by atoms with Gasteiger partial charge in [0, 0.05) is 12.8 Å². The number of nitrogens with one attached hydrogen (secondary N) is 1. The molecule has 0 saturated heterocycles. The number of aliphatic hydroxyl groups is 2. The van der Waals surface area contributed by atoms with Gasteiger partial charge < -0.3 is 20.3 Å². The van der Waals surface area contributed by atoms with Gasteiger partial charge in [-0.1, -0.05) is 341 Å². The van der Waals surface area contributed by atoms with Gasteiger partial charge in [-0.15, -0.1) is 0 Å². The van der Waals surface area contributed by atoms with E-state index < -0.39 is 12.1 Å². The van der Waals surface area contributed by atoms with Crippen LogP contribution in [0.25, 0.3) is 0 Å². The quantitative estimate of drug-likeness (QED) is 0.0320. The minimum atomic E-state index is -0.669. The molecule has 0 aromatic carbocycles. The summed E-state index contributed by atoms with van der Waals surface area (Å²) in [6.45, 7) is 4.98. The lowest BCUT2D eigenvalue weighted by atomic mass is 10.0. The molecule has 0 aliphatic heterocycles. The molecule has 6 nitrogen and oxygen atoms in total. The Morgan fingerprint density at radius 1 is 0.360 bits per heavy atom. The van der Waals surface area contributed by atoms with Crippen LogP contribution >= 0.6 is 0 Å². The third-order valence-electron chi connectivity index (χ3n) is 16.3. The number of rotatable bonds is 65. The van der Waals surface area contributed by atoms with Gasteiger partial charge in [-0.25, -0.2) is 0 Å². The van der Waals surface area contributed by atoms with Crippen LogP contribution in [0.2, 0.25) is 0 Å². The number of esters is 1. The third kappa shape index (κ3) is 61.7. The summed E-state index contributed by atoms with van der Waals surface area (Å²) < 4.78 is 5.50. The van der Waals surface area contributed by atoms with Gasteiger partial charge in [-0.05, 0) is 51.4 Å². The monoisotopic (exact) mass is 1060 g/mol. The van der Waals surface area contributed by atoms with E-state index in [-0.39, 0.29) is 18.5 Å². The van der Waals surface area contributed by atoms with Crippen LogP contribution in [0.1, 0.15) is 393 Å². The third-order valence-corrected chi connectivity index (χ3v) is 16.3. The predicted octanol–water partition coefficient (Wildman–Crippen LogP) is 22.0. The van der Waals surface area contributed by atoms with Crippen molar-refractivity contribution in [3.63, 3.8) is 0 Å². The summed E-state index contributed by atoms with van der Waals surface area (Å²) in [5, 5.41) is 23.4. The molecule has 0 spiro atoms. The number of aliphatic hydroxyl groups excluding tert-OH is 2. The van der Waals surface area contributed by atoms with Gasteiger partial charge in [0.15, 0.2) is 0 Å². The van der Waals surface area contributed by atoms with E-state index in [9.17, 15) is 19.8 Å². The highest BCUT2D eigenvalue weighted by atomic mass is 16.5. The van der Waals surface area contributed by atoms with E-state index in [0.29, 0.717) is 25.9 Å². The molecule has 0 aromatic heterocycles. The van der Waals surface area contributed by atoms with Crippen molar-refractivity contribution in [1.82, 2.24) is 5.32 Å². The van der Waals surface area contributed by atoms with E-state index in [4.69, 9.17) is 4.74 Å². The number of allylic oxidation sites excluding steroid dienone is 2. The fraction of sp³-hybridized carbons (Fsp3) is 0.942. The summed E-state index contributed by atoms with van der Waals surface area (Å²) in [4.78, 5) is 24.7. The van der Waals surface area contributed by atoms with Crippen molar-refractivity contribution in [1.29, 1.82) is 0 Å². The van der Waals surface area contributed by atoms with Crippen LogP contribution in [-0.2, 0) is 14.3 Å². The largest absolute Gasteiger partial charge is 0.466 e. The maximum Gasteiger partial charge on any atom is 0.305 e. The normalized spacial score (nSPS) is 12.5. The van der Waals surface area contributed by atoms with Gasteiger partial charge >= 0.3 is 5.97 Å². The van der Waals surface area contributed by atoms with Crippen LogP contribution in [0.3, 0.4) is 0 Å². The number of amides is 1. The number of hydrogen-bond acceptors (Lipinski definition) is 5. The highest BCUT2D eigenvalue weighted by molar-refractivity contribution is 5.76. The maximum absolute atomic E-state index is 12.5. The fourth-order valence-electron chi connectivity index (χ4n) is 11.1. The molecule has 446 valence electrons. The molecule has 0 heterocycles. The van der Waals surface area contributed by atoms with Crippen molar-refractivity contribution in [2.75, 3.05) is 13.2 Å². The van der Waals surface area contributed by atoms with E-state index in [1.54, 1.807) is 0 Å². The number of ether oxygens (including phenoxy) is 1. The van der Waals surface area contributed by atoms with Gasteiger partial charge in [0.25, 0.3) is 0 Å². The molecule has 0 radical (unpaired) electrons. The number of carbonyl (C=O) groups is 2. The highest BCUT2D eigenvalue weighted by Gasteiger charge is 2.20. The summed E-state index contributed by atoms with van der Waals surface area (Å²) in [5.41, 5.74) is 0. The number of unbranched alkanes of at least 4 members (excludes halogenated alkanes) is 52. The van der Waals surface area contributed by atoms with Crippen LogP contribution < -0.4 is 5.32 Å². The Hall–Kier alpha value is -1.40. The van der Waals surface area contributed by atoms with Crippen LogP contribution in [0.4, 0.5) is 0 Å². The Bertz CT molecular complexity index is 1130. The van der Waals surface area contributed by atoms with Crippen molar-refractivity contribution in [3.05, 3.63) is 12.2 Å². The predicted molar refractivity (Wildman–Crippen MR) is 329 cm³/mol. The number of carbonyl (C=O) groups excluding carboxylic acids is 2. The second-order valence-electron chi connectivity index (χ2n) is 23.9. The standard InChI is InChI=1S/C69H135NO5/c1-3-5-7-9-11-13-15-17-19-21-23-24-25-26-27-29-33-37-41-45-49-53-57-61-67(72)66(65-71)70-68(73)62-58-54-50-46-42-38-34-30-28-32-36-40-44-48-52-56-60-64-75-69(74)63-59-55-51-47-43-39-35-31-22-20-18-16-14-12-10-8-6-4-2/h20,22,66-67,71-72H,3-19,21,23-65H2,1-2H3,(H,70,73)/b22-20-. The fourth-order valence-corrected chi connectivity index (χ4v) is 11.1. The minimum absolute atomic E-state index is 0.00401. The van der Waals surface area contributed by atoms with Crippen molar-refractivity contribution in [3.8, 4) is 0 Å². The van der Waals surface area contributed by atoms with E-state index in [0.717, 1.165) is 44.9 Å². The summed E-state index contributed by atoms with van der Waals surface area (Å²) in [5.74, 6) is -0.0314. The lowest BCUT2D eigenvalue weighted by Crippen LogP contribution is -2.45. The van der Waals surface area contributed by atoms with Gasteiger partial charge in [0.2, 0.25) is 5.91 Å². The van der Waals surface area contributed by atoms with Gasteiger partial charge in [0.05, 0.1) is 25.4 Å². The van der Waals surface area contributed by atoms with Gasteiger partial charge in [-0.3, -0.25) is 9.59 Å². The number of hydrogen-bond donors (Lipinski definition) is 3. The average molecular weight is 1060 g/mol. The molecule has 0 aromatic rings. The lowest BCUT2D eigenvalue weighted by molar-refractivity contribution is -0.143. The van der Waals surface area contributed by atoms with E-state index in [1.165, 1.54) is 315 Å². The van der Waals surface area contributed by atoms with Crippen molar-refractivity contribution in [2.45, 2.75) is 405 Å². The van der Waals surface area contributed by atoms with Gasteiger partial charge in [0.1, 0.15) is 0 Å². The Labute approximate surface area is 469 Å². The van der Waals surface area contributed by atoms with Crippen LogP contribution in [0, 0.1) is 0 Å². The van der Waals surface area contributed by atoms with Crippen molar-refractivity contribution < 1.29 is 24.5 Å². The summed E-state index contributed by atoms with van der Waals surface area (Å²) >= 11 is 0. The molecular formula is C69H135NO5. The Balaban J connectivity index is 3.40. The smallest absolute Gasteiger partial charge is 0.305 e. The summed E-state index contributed by atoms with van der Waals surface area (Å²) in [6, 6.07) is -0.546. The molecule has 6 heteroatoms. The summed E-state index contributed by atoms with van der Waals surface area (Å²) in [6.07, 6.45) is 79.5. The SMILES string of the molecule is CCCCCCCCC/C=C\CCCCCCCCCC(=O)OCCCCCCCCCCCCCCCCCCCC(=O)NC(CO)C(O)CCCCCCCCCCCCCCCCCCCCCCCCC. The maximum atomic E-state index is 12.5. The first-order valence-electron chi connectivity index (χ1n) is 34.4. The first-order chi connectivity index (χ1) is 37.0. The molecule has 0 aliphatic rings. The second-order valence-corrected chi connectivity index (χ2v) is 23.9.